The SMILES string of the molecule is CC(N)Cc1cncc(-c2ccc(F)cc2)c1. The molecule has 0 amide bonds. The van der Waals surface area contributed by atoms with Crippen LogP contribution >= 0.6 is 0 Å². The van der Waals surface area contributed by atoms with Crippen molar-refractivity contribution in [3.63, 3.8) is 0 Å². The zero-order valence-electron chi connectivity index (χ0n) is 9.73. The largest absolute Gasteiger partial charge is 0.328 e. The number of hydrogen-bond acceptors (Lipinski definition) is 2. The van der Waals surface area contributed by atoms with Gasteiger partial charge in [0.2, 0.25) is 0 Å². The molecular formula is C14H15FN2. The molecule has 0 aliphatic rings. The van der Waals surface area contributed by atoms with E-state index in [4.69, 9.17) is 5.73 Å². The number of halogens is 1. The number of rotatable bonds is 3. The second-order valence-corrected chi connectivity index (χ2v) is 4.27. The summed E-state index contributed by atoms with van der Waals surface area (Å²) in [6.45, 7) is 1.96. The summed E-state index contributed by atoms with van der Waals surface area (Å²) in [7, 11) is 0. The lowest BCUT2D eigenvalue weighted by Gasteiger charge is -2.07. The van der Waals surface area contributed by atoms with E-state index in [9.17, 15) is 4.39 Å². The van der Waals surface area contributed by atoms with Gasteiger partial charge in [-0.15, -0.1) is 0 Å². The van der Waals surface area contributed by atoms with Gasteiger partial charge in [-0.2, -0.15) is 0 Å². The molecule has 0 aliphatic carbocycles. The highest BCUT2D eigenvalue weighted by molar-refractivity contribution is 5.62. The first-order valence-electron chi connectivity index (χ1n) is 5.60. The molecule has 1 aromatic carbocycles. The molecule has 3 heteroatoms. The van der Waals surface area contributed by atoms with Gasteiger partial charge >= 0.3 is 0 Å². The van der Waals surface area contributed by atoms with Gasteiger partial charge in [0, 0.05) is 24.0 Å². The van der Waals surface area contributed by atoms with E-state index in [1.165, 1.54) is 12.1 Å². The van der Waals surface area contributed by atoms with E-state index in [1.54, 1.807) is 18.3 Å². The van der Waals surface area contributed by atoms with Gasteiger partial charge in [-0.05, 0) is 42.7 Å². The zero-order valence-corrected chi connectivity index (χ0v) is 9.73. The van der Waals surface area contributed by atoms with E-state index in [2.05, 4.69) is 4.98 Å². The van der Waals surface area contributed by atoms with Gasteiger partial charge in [0.15, 0.2) is 0 Å². The number of aromatic nitrogens is 1. The average molecular weight is 230 g/mol. The molecule has 0 fully saturated rings. The average Bonchev–Trinajstić information content (AvgIpc) is 2.29. The standard InChI is InChI=1S/C14H15FN2/c1-10(16)6-11-7-13(9-17-8-11)12-2-4-14(15)5-3-12/h2-5,7-10H,6,16H2,1H3. The molecule has 0 radical (unpaired) electrons. The fraction of sp³-hybridized carbons (Fsp3) is 0.214. The van der Waals surface area contributed by atoms with E-state index in [0.29, 0.717) is 0 Å². The Kier molecular flexibility index (Phi) is 3.49. The second-order valence-electron chi connectivity index (χ2n) is 4.27. The predicted octanol–water partition coefficient (Wildman–Crippen LogP) is 2.78. The Labute approximate surface area is 100 Å². The number of hydrogen-bond donors (Lipinski definition) is 1. The minimum Gasteiger partial charge on any atom is -0.328 e. The third kappa shape index (κ3) is 3.11. The number of nitrogens with two attached hydrogens (primary N) is 1. The first-order chi connectivity index (χ1) is 8.15. The minimum atomic E-state index is -0.228. The molecule has 2 rings (SSSR count). The zero-order chi connectivity index (χ0) is 12.3. The van der Waals surface area contributed by atoms with Gasteiger partial charge in [0.25, 0.3) is 0 Å². The van der Waals surface area contributed by atoms with Crippen LogP contribution in [0.1, 0.15) is 12.5 Å². The van der Waals surface area contributed by atoms with Crippen molar-refractivity contribution in [1.82, 2.24) is 4.98 Å². The molecule has 17 heavy (non-hydrogen) atoms. The highest BCUT2D eigenvalue weighted by Crippen LogP contribution is 2.20. The van der Waals surface area contributed by atoms with Crippen molar-refractivity contribution < 1.29 is 4.39 Å². The molecule has 2 aromatic rings. The smallest absolute Gasteiger partial charge is 0.123 e. The summed E-state index contributed by atoms with van der Waals surface area (Å²) in [6, 6.07) is 8.56. The molecule has 0 spiro atoms. The Morgan fingerprint density at radius 3 is 2.53 bits per heavy atom. The number of pyridine rings is 1. The lowest BCUT2D eigenvalue weighted by molar-refractivity contribution is 0.628. The normalized spacial score (nSPS) is 12.4. The molecule has 1 aromatic heterocycles. The lowest BCUT2D eigenvalue weighted by Crippen LogP contribution is -2.17. The van der Waals surface area contributed by atoms with Crippen molar-refractivity contribution in [2.24, 2.45) is 5.73 Å². The van der Waals surface area contributed by atoms with Crippen molar-refractivity contribution >= 4 is 0 Å². The van der Waals surface area contributed by atoms with Crippen molar-refractivity contribution in [2.45, 2.75) is 19.4 Å². The summed E-state index contributed by atoms with van der Waals surface area (Å²) in [5.41, 5.74) is 8.81. The highest BCUT2D eigenvalue weighted by Gasteiger charge is 2.02. The van der Waals surface area contributed by atoms with Gasteiger partial charge in [-0.1, -0.05) is 12.1 Å². The molecule has 88 valence electrons. The number of nitrogens with zero attached hydrogens (tertiary/aromatic N) is 1. The van der Waals surface area contributed by atoms with Crippen molar-refractivity contribution in [3.8, 4) is 11.1 Å². The molecule has 1 atom stereocenters. The summed E-state index contributed by atoms with van der Waals surface area (Å²) in [4.78, 5) is 4.19. The molecule has 1 unspecified atom stereocenters. The third-order valence-corrected chi connectivity index (χ3v) is 2.53. The summed E-state index contributed by atoms with van der Waals surface area (Å²) in [6.07, 6.45) is 4.39. The second kappa shape index (κ2) is 5.06. The first kappa shape index (κ1) is 11.7. The van der Waals surface area contributed by atoms with Crippen LogP contribution < -0.4 is 5.73 Å². The van der Waals surface area contributed by atoms with Crippen LogP contribution in [0.4, 0.5) is 4.39 Å². The van der Waals surface area contributed by atoms with Crippen LogP contribution in [-0.4, -0.2) is 11.0 Å². The van der Waals surface area contributed by atoms with Crippen LogP contribution in [0, 0.1) is 5.82 Å². The third-order valence-electron chi connectivity index (χ3n) is 2.53. The molecule has 0 saturated heterocycles. The predicted molar refractivity (Wildman–Crippen MR) is 67.0 cm³/mol. The van der Waals surface area contributed by atoms with E-state index < -0.39 is 0 Å². The Morgan fingerprint density at radius 2 is 1.88 bits per heavy atom. The van der Waals surface area contributed by atoms with Gasteiger partial charge < -0.3 is 5.73 Å². The van der Waals surface area contributed by atoms with Gasteiger partial charge in [0.05, 0.1) is 0 Å². The molecule has 0 saturated carbocycles. The van der Waals surface area contributed by atoms with Gasteiger partial charge in [0.1, 0.15) is 5.82 Å². The van der Waals surface area contributed by atoms with Crippen LogP contribution in [-0.2, 0) is 6.42 Å². The van der Waals surface area contributed by atoms with Gasteiger partial charge in [-0.25, -0.2) is 4.39 Å². The maximum Gasteiger partial charge on any atom is 0.123 e. The molecule has 1 heterocycles. The summed E-state index contributed by atoms with van der Waals surface area (Å²) in [5.74, 6) is -0.228. The Hall–Kier alpha value is -1.74. The van der Waals surface area contributed by atoms with Crippen LogP contribution in [0.5, 0.6) is 0 Å². The lowest BCUT2D eigenvalue weighted by atomic mass is 10.0. The molecule has 2 nitrogen and oxygen atoms in total. The molecular weight excluding hydrogens is 215 g/mol. The monoisotopic (exact) mass is 230 g/mol. The van der Waals surface area contributed by atoms with Crippen LogP contribution in [0.25, 0.3) is 11.1 Å². The first-order valence-corrected chi connectivity index (χ1v) is 5.60. The maximum atomic E-state index is 12.8. The Bertz CT molecular complexity index is 492. The highest BCUT2D eigenvalue weighted by atomic mass is 19.1. The van der Waals surface area contributed by atoms with Crippen molar-refractivity contribution in [3.05, 3.63) is 54.1 Å². The summed E-state index contributed by atoms with van der Waals surface area (Å²) in [5, 5.41) is 0. The molecule has 2 N–H and O–H groups in total. The summed E-state index contributed by atoms with van der Waals surface area (Å²) < 4.78 is 12.8. The topological polar surface area (TPSA) is 38.9 Å². The van der Waals surface area contributed by atoms with Crippen LogP contribution in [0.3, 0.4) is 0 Å². The summed E-state index contributed by atoms with van der Waals surface area (Å²) >= 11 is 0. The minimum absolute atomic E-state index is 0.111. The maximum absolute atomic E-state index is 12.8. The van der Waals surface area contributed by atoms with Gasteiger partial charge in [-0.3, -0.25) is 4.98 Å². The van der Waals surface area contributed by atoms with Crippen LogP contribution in [0.2, 0.25) is 0 Å². The Morgan fingerprint density at radius 1 is 1.18 bits per heavy atom. The van der Waals surface area contributed by atoms with E-state index in [1.807, 2.05) is 19.2 Å². The fourth-order valence-corrected chi connectivity index (χ4v) is 1.77. The molecule has 0 aliphatic heterocycles. The van der Waals surface area contributed by atoms with Crippen molar-refractivity contribution in [1.29, 1.82) is 0 Å². The van der Waals surface area contributed by atoms with E-state index >= 15 is 0 Å². The van der Waals surface area contributed by atoms with E-state index in [-0.39, 0.29) is 11.9 Å². The Balaban J connectivity index is 2.29. The fourth-order valence-electron chi connectivity index (χ4n) is 1.77. The van der Waals surface area contributed by atoms with Crippen LogP contribution in [0.15, 0.2) is 42.7 Å². The quantitative estimate of drug-likeness (QED) is 0.880. The van der Waals surface area contributed by atoms with Crippen molar-refractivity contribution in [2.75, 3.05) is 0 Å². The number of benzene rings is 1. The molecule has 0 bridgehead atoms. The van der Waals surface area contributed by atoms with E-state index in [0.717, 1.165) is 23.1 Å².